The van der Waals surface area contributed by atoms with E-state index in [1.807, 2.05) is 50.1 Å². The summed E-state index contributed by atoms with van der Waals surface area (Å²) in [5, 5.41) is 6.53. The van der Waals surface area contributed by atoms with E-state index in [-0.39, 0.29) is 17.9 Å². The van der Waals surface area contributed by atoms with Crippen LogP contribution >= 0.6 is 15.9 Å². The Kier molecular flexibility index (Phi) is 7.90. The molecule has 1 saturated carbocycles. The number of hydrogen-bond donors (Lipinski definition) is 2. The van der Waals surface area contributed by atoms with Crippen molar-refractivity contribution in [2.45, 2.75) is 45.6 Å². The highest BCUT2D eigenvalue weighted by molar-refractivity contribution is 9.10. The molecule has 2 aromatic rings. The maximum absolute atomic E-state index is 12.2. The van der Waals surface area contributed by atoms with Crippen LogP contribution in [0.25, 0.3) is 0 Å². The lowest BCUT2D eigenvalue weighted by Gasteiger charge is -2.29. The Labute approximate surface area is 186 Å². The zero-order valence-electron chi connectivity index (χ0n) is 17.8. The fourth-order valence-corrected chi connectivity index (χ4v) is 3.50. The molecule has 1 aliphatic carbocycles. The van der Waals surface area contributed by atoms with Gasteiger partial charge in [0.05, 0.1) is 10.6 Å². The van der Waals surface area contributed by atoms with Crippen molar-refractivity contribution >= 4 is 39.3 Å². The van der Waals surface area contributed by atoms with Gasteiger partial charge in [0, 0.05) is 37.9 Å². The minimum atomic E-state index is 0.142. The number of nitrogens with one attached hydrogen (secondary N) is 2. The topological polar surface area (TPSA) is 79.4 Å². The predicted molar refractivity (Wildman–Crippen MR) is 123 cm³/mol. The van der Waals surface area contributed by atoms with Crippen LogP contribution < -0.4 is 15.4 Å². The highest BCUT2D eigenvalue weighted by Gasteiger charge is 2.27. The number of nitrogens with zero attached hydrogens (tertiary/aromatic N) is 3. The lowest BCUT2D eigenvalue weighted by molar-refractivity contribution is -0.136. The van der Waals surface area contributed by atoms with Gasteiger partial charge in [-0.2, -0.15) is 4.98 Å². The molecule has 0 atom stereocenters. The molecule has 0 unspecified atom stereocenters. The Morgan fingerprint density at radius 1 is 1.30 bits per heavy atom. The first-order valence-corrected chi connectivity index (χ1v) is 11.3. The fourth-order valence-electron chi connectivity index (χ4n) is 3.17. The molecule has 1 amide bonds. The van der Waals surface area contributed by atoms with Gasteiger partial charge in [-0.25, -0.2) is 4.98 Å². The van der Waals surface area contributed by atoms with Gasteiger partial charge in [-0.15, -0.1) is 0 Å². The molecule has 0 radical (unpaired) electrons. The van der Waals surface area contributed by atoms with Gasteiger partial charge in [0.15, 0.2) is 0 Å². The summed E-state index contributed by atoms with van der Waals surface area (Å²) >= 11 is 3.49. The van der Waals surface area contributed by atoms with Crippen molar-refractivity contribution in [2.24, 2.45) is 5.92 Å². The number of benzene rings is 1. The molecule has 30 heavy (non-hydrogen) atoms. The molecule has 1 fully saturated rings. The first-order valence-electron chi connectivity index (χ1n) is 10.5. The molecule has 0 aliphatic heterocycles. The molecule has 1 heterocycles. The number of carbonyl (C=O) groups excluding carboxylic acids is 1. The molecule has 3 rings (SSSR count). The summed E-state index contributed by atoms with van der Waals surface area (Å²) in [6.07, 6.45) is 5.98. The number of hydrogen-bond acceptors (Lipinski definition) is 6. The zero-order chi connectivity index (χ0) is 21.5. The van der Waals surface area contributed by atoms with Crippen molar-refractivity contribution in [1.82, 2.24) is 14.9 Å². The smallest absolute Gasteiger partial charge is 0.229 e. The van der Waals surface area contributed by atoms with E-state index in [1.165, 1.54) is 6.42 Å². The van der Waals surface area contributed by atoms with Gasteiger partial charge in [-0.3, -0.25) is 4.79 Å². The summed E-state index contributed by atoms with van der Waals surface area (Å²) in [6.45, 7) is 5.46. The molecular formula is C22H30BrN5O2. The number of anilines is 3. The normalized spacial score (nSPS) is 13.6. The third kappa shape index (κ3) is 6.32. The van der Waals surface area contributed by atoms with Crippen LogP contribution in [0.15, 0.2) is 34.9 Å². The van der Waals surface area contributed by atoms with E-state index in [0.29, 0.717) is 5.95 Å². The number of halogens is 1. The second-order valence-electron chi connectivity index (χ2n) is 7.87. The molecule has 2 N–H and O–H groups in total. The van der Waals surface area contributed by atoms with Crippen LogP contribution in [0.1, 0.15) is 39.5 Å². The number of carbonyl (C=O) groups is 1. The molecule has 0 spiro atoms. The molecule has 1 aromatic heterocycles. The third-order valence-corrected chi connectivity index (χ3v) is 5.60. The van der Waals surface area contributed by atoms with E-state index in [4.69, 9.17) is 4.74 Å². The lowest BCUT2D eigenvalue weighted by atomic mass is 9.84. The van der Waals surface area contributed by atoms with Crippen molar-refractivity contribution < 1.29 is 9.53 Å². The summed E-state index contributed by atoms with van der Waals surface area (Å²) < 4.78 is 6.46. The van der Waals surface area contributed by atoms with Crippen LogP contribution in [0.3, 0.4) is 0 Å². The average Bonchev–Trinajstić information content (AvgIpc) is 2.67. The van der Waals surface area contributed by atoms with Gasteiger partial charge in [0.25, 0.3) is 0 Å². The van der Waals surface area contributed by atoms with Gasteiger partial charge in [0.2, 0.25) is 11.9 Å². The Hall–Kier alpha value is -2.35. The monoisotopic (exact) mass is 475 g/mol. The van der Waals surface area contributed by atoms with E-state index < -0.39 is 0 Å². The first-order chi connectivity index (χ1) is 14.4. The van der Waals surface area contributed by atoms with E-state index in [2.05, 4.69) is 36.5 Å². The van der Waals surface area contributed by atoms with Crippen molar-refractivity contribution in [3.63, 3.8) is 0 Å². The van der Waals surface area contributed by atoms with Crippen molar-refractivity contribution in [2.75, 3.05) is 30.8 Å². The number of amides is 1. The molecule has 0 saturated heterocycles. The van der Waals surface area contributed by atoms with Crippen LogP contribution in [0.5, 0.6) is 5.75 Å². The largest absolute Gasteiger partial charge is 0.491 e. The Bertz CT molecular complexity index is 840. The van der Waals surface area contributed by atoms with Crippen molar-refractivity contribution in [3.8, 4) is 5.75 Å². The lowest BCUT2D eigenvalue weighted by Crippen LogP contribution is -2.37. The summed E-state index contributed by atoms with van der Waals surface area (Å²) in [6, 6.07) is 7.71. The summed E-state index contributed by atoms with van der Waals surface area (Å²) in [5.41, 5.74) is 0.885. The number of rotatable bonds is 10. The number of ether oxygens (including phenoxy) is 1. The first kappa shape index (κ1) is 22.3. The average molecular weight is 476 g/mol. The maximum Gasteiger partial charge on any atom is 0.229 e. The SMILES string of the molecule is CC(C)Oc1ccc(Nc2ncc(Br)c(NCCCN(C)C(=O)C3CCC3)n2)cc1. The second kappa shape index (κ2) is 10.6. The van der Waals surface area contributed by atoms with Gasteiger partial charge < -0.3 is 20.3 Å². The van der Waals surface area contributed by atoms with Gasteiger partial charge in [-0.05, 0) is 73.3 Å². The van der Waals surface area contributed by atoms with E-state index in [9.17, 15) is 4.79 Å². The van der Waals surface area contributed by atoms with E-state index in [0.717, 1.165) is 54.1 Å². The molecule has 0 bridgehead atoms. The predicted octanol–water partition coefficient (Wildman–Crippen LogP) is 4.83. The van der Waals surface area contributed by atoms with Crippen LogP contribution in [0.4, 0.5) is 17.5 Å². The summed E-state index contributed by atoms with van der Waals surface area (Å²) in [5.74, 6) is 2.59. The van der Waals surface area contributed by atoms with Crippen LogP contribution in [0, 0.1) is 5.92 Å². The fraction of sp³-hybridized carbons (Fsp3) is 0.500. The third-order valence-electron chi connectivity index (χ3n) is 5.02. The minimum Gasteiger partial charge on any atom is -0.491 e. The minimum absolute atomic E-state index is 0.142. The van der Waals surface area contributed by atoms with Crippen LogP contribution in [-0.4, -0.2) is 47.0 Å². The summed E-state index contributed by atoms with van der Waals surface area (Å²) in [7, 11) is 1.89. The highest BCUT2D eigenvalue weighted by atomic mass is 79.9. The molecule has 1 aromatic carbocycles. The quantitative estimate of drug-likeness (QED) is 0.479. The Morgan fingerprint density at radius 2 is 2.03 bits per heavy atom. The van der Waals surface area contributed by atoms with E-state index in [1.54, 1.807) is 6.20 Å². The summed E-state index contributed by atoms with van der Waals surface area (Å²) in [4.78, 5) is 22.9. The molecule has 1 aliphatic rings. The van der Waals surface area contributed by atoms with Crippen molar-refractivity contribution in [3.05, 3.63) is 34.9 Å². The van der Waals surface area contributed by atoms with Crippen molar-refractivity contribution in [1.29, 1.82) is 0 Å². The molecule has 7 nitrogen and oxygen atoms in total. The standard InChI is InChI=1S/C22H30BrN5O2/c1-15(2)30-18-10-8-17(9-11-18)26-22-25-14-19(23)20(27-22)24-12-5-13-28(3)21(29)16-6-4-7-16/h8-11,14-16H,4-7,12-13H2,1-3H3,(H2,24,25,26,27). The van der Waals surface area contributed by atoms with Crippen LogP contribution in [0.2, 0.25) is 0 Å². The van der Waals surface area contributed by atoms with Gasteiger partial charge in [0.1, 0.15) is 11.6 Å². The maximum atomic E-state index is 12.2. The van der Waals surface area contributed by atoms with E-state index >= 15 is 0 Å². The Balaban J connectivity index is 1.49. The second-order valence-corrected chi connectivity index (χ2v) is 8.73. The molecule has 162 valence electrons. The number of aromatic nitrogens is 2. The van der Waals surface area contributed by atoms with Gasteiger partial charge >= 0.3 is 0 Å². The molecular weight excluding hydrogens is 446 g/mol. The van der Waals surface area contributed by atoms with Gasteiger partial charge in [-0.1, -0.05) is 6.42 Å². The highest BCUT2D eigenvalue weighted by Crippen LogP contribution is 2.28. The Morgan fingerprint density at radius 3 is 2.67 bits per heavy atom. The zero-order valence-corrected chi connectivity index (χ0v) is 19.4. The molecule has 8 heteroatoms. The van der Waals surface area contributed by atoms with Crippen LogP contribution in [-0.2, 0) is 4.79 Å².